The minimum atomic E-state index is -0.356. The highest BCUT2D eigenvalue weighted by molar-refractivity contribution is 5.91. The van der Waals surface area contributed by atoms with Crippen LogP contribution in [-0.2, 0) is 0 Å². The second-order valence-electron chi connectivity index (χ2n) is 2.88. The summed E-state index contributed by atoms with van der Waals surface area (Å²) in [4.78, 5) is 11.1. The molecule has 0 bridgehead atoms. The third-order valence-corrected chi connectivity index (χ3v) is 2.00. The van der Waals surface area contributed by atoms with Crippen molar-refractivity contribution in [1.82, 2.24) is 4.57 Å². The summed E-state index contributed by atoms with van der Waals surface area (Å²) in [5, 5.41) is 0.484. The second kappa shape index (κ2) is 2.69. The van der Waals surface area contributed by atoms with Crippen molar-refractivity contribution in [3.8, 4) is 0 Å². The molecule has 2 nitrogen and oxygen atoms in total. The van der Waals surface area contributed by atoms with Crippen LogP contribution in [0.15, 0.2) is 30.5 Å². The Hall–Kier alpha value is -1.64. The van der Waals surface area contributed by atoms with Crippen LogP contribution in [0.4, 0.5) is 4.39 Å². The summed E-state index contributed by atoms with van der Waals surface area (Å²) in [6.07, 6.45) is 1.22. The number of hydrogen-bond donors (Lipinski definition) is 0. The van der Waals surface area contributed by atoms with E-state index in [4.69, 9.17) is 0 Å². The molecule has 3 heteroatoms. The fourth-order valence-electron chi connectivity index (χ4n) is 1.40. The SMILES string of the molecule is CC(=O)n1cc(F)c2ccccc21. The monoisotopic (exact) mass is 177 g/mol. The van der Waals surface area contributed by atoms with Gasteiger partial charge in [0.2, 0.25) is 5.91 Å². The average Bonchev–Trinajstić information content (AvgIpc) is 2.45. The Morgan fingerprint density at radius 3 is 2.77 bits per heavy atom. The van der Waals surface area contributed by atoms with Crippen LogP contribution in [0.5, 0.6) is 0 Å². The number of halogens is 1. The van der Waals surface area contributed by atoms with Crippen molar-refractivity contribution in [3.05, 3.63) is 36.3 Å². The topological polar surface area (TPSA) is 22.0 Å². The van der Waals surface area contributed by atoms with Crippen LogP contribution in [-0.4, -0.2) is 10.5 Å². The largest absolute Gasteiger partial charge is 0.284 e. The van der Waals surface area contributed by atoms with Gasteiger partial charge < -0.3 is 0 Å². The summed E-state index contributed by atoms with van der Waals surface area (Å²) in [5.74, 6) is -0.536. The highest BCUT2D eigenvalue weighted by Gasteiger charge is 2.08. The van der Waals surface area contributed by atoms with Gasteiger partial charge >= 0.3 is 0 Å². The van der Waals surface area contributed by atoms with Gasteiger partial charge in [0, 0.05) is 18.5 Å². The highest BCUT2D eigenvalue weighted by atomic mass is 19.1. The first-order valence-corrected chi connectivity index (χ1v) is 3.96. The molecular weight excluding hydrogens is 169 g/mol. The first kappa shape index (κ1) is 7.98. The van der Waals surface area contributed by atoms with Gasteiger partial charge in [0.25, 0.3) is 0 Å². The maximum atomic E-state index is 13.2. The maximum Gasteiger partial charge on any atom is 0.228 e. The molecule has 66 valence electrons. The molecule has 1 aromatic carbocycles. The van der Waals surface area contributed by atoms with E-state index < -0.39 is 0 Å². The lowest BCUT2D eigenvalue weighted by Gasteiger charge is -1.96. The summed E-state index contributed by atoms with van der Waals surface area (Å²) < 4.78 is 14.5. The molecule has 0 saturated heterocycles. The molecule has 0 N–H and O–H groups in total. The van der Waals surface area contributed by atoms with Gasteiger partial charge in [0.05, 0.1) is 5.52 Å². The van der Waals surface area contributed by atoms with Crippen LogP contribution < -0.4 is 0 Å². The molecule has 0 aliphatic carbocycles. The number of benzene rings is 1. The fraction of sp³-hybridized carbons (Fsp3) is 0.100. The van der Waals surface area contributed by atoms with Gasteiger partial charge in [-0.05, 0) is 12.1 Å². The van der Waals surface area contributed by atoms with Crippen molar-refractivity contribution in [1.29, 1.82) is 0 Å². The smallest absolute Gasteiger partial charge is 0.228 e. The first-order valence-electron chi connectivity index (χ1n) is 3.96. The van der Waals surface area contributed by atoms with Crippen molar-refractivity contribution >= 4 is 16.8 Å². The number of rotatable bonds is 0. The zero-order valence-corrected chi connectivity index (χ0v) is 7.12. The summed E-state index contributed by atoms with van der Waals surface area (Å²) in [6, 6.07) is 6.90. The molecule has 0 atom stereocenters. The van der Waals surface area contributed by atoms with Crippen molar-refractivity contribution in [2.45, 2.75) is 6.92 Å². The van der Waals surface area contributed by atoms with Gasteiger partial charge in [-0.15, -0.1) is 0 Å². The molecule has 2 rings (SSSR count). The van der Waals surface area contributed by atoms with Gasteiger partial charge in [0.15, 0.2) is 0 Å². The summed E-state index contributed by atoms with van der Waals surface area (Å²) in [7, 11) is 0. The standard InChI is InChI=1S/C10H8FNO/c1-7(13)12-6-9(11)8-4-2-3-5-10(8)12/h2-6H,1H3. The Bertz CT molecular complexity index is 473. The number of carbonyl (C=O) groups is 1. The van der Waals surface area contributed by atoms with Crippen LogP contribution in [0.3, 0.4) is 0 Å². The Kier molecular flexibility index (Phi) is 1.65. The second-order valence-corrected chi connectivity index (χ2v) is 2.88. The molecule has 2 aromatic rings. The number of carbonyl (C=O) groups excluding carboxylic acids is 1. The number of hydrogen-bond acceptors (Lipinski definition) is 1. The van der Waals surface area contributed by atoms with E-state index in [1.54, 1.807) is 24.3 Å². The lowest BCUT2D eigenvalue weighted by Crippen LogP contribution is -2.02. The molecule has 0 spiro atoms. The summed E-state index contributed by atoms with van der Waals surface area (Å²) >= 11 is 0. The van der Waals surface area contributed by atoms with Crippen LogP contribution in [0, 0.1) is 5.82 Å². The Morgan fingerprint density at radius 2 is 2.08 bits per heavy atom. The van der Waals surface area contributed by atoms with E-state index in [-0.39, 0.29) is 11.7 Å². The molecule has 0 amide bonds. The zero-order chi connectivity index (χ0) is 9.42. The number of aromatic nitrogens is 1. The van der Waals surface area contributed by atoms with E-state index in [2.05, 4.69) is 0 Å². The number of nitrogens with zero attached hydrogens (tertiary/aromatic N) is 1. The maximum absolute atomic E-state index is 13.2. The Balaban J connectivity index is 2.85. The third kappa shape index (κ3) is 1.13. The molecule has 0 fully saturated rings. The lowest BCUT2D eigenvalue weighted by molar-refractivity contribution is 0.0941. The lowest BCUT2D eigenvalue weighted by atomic mass is 10.2. The zero-order valence-electron chi connectivity index (χ0n) is 7.12. The van der Waals surface area contributed by atoms with E-state index in [0.717, 1.165) is 0 Å². The average molecular weight is 177 g/mol. The third-order valence-electron chi connectivity index (χ3n) is 2.00. The normalized spacial score (nSPS) is 10.6. The number of para-hydroxylation sites is 1. The molecule has 0 unspecified atom stereocenters. The van der Waals surface area contributed by atoms with E-state index >= 15 is 0 Å². The number of fused-ring (bicyclic) bond motifs is 1. The van der Waals surface area contributed by atoms with Gasteiger partial charge in [0.1, 0.15) is 5.82 Å². The van der Waals surface area contributed by atoms with Gasteiger partial charge in [-0.2, -0.15) is 0 Å². The minimum Gasteiger partial charge on any atom is -0.284 e. The molecule has 1 aromatic heterocycles. The fourth-order valence-corrected chi connectivity index (χ4v) is 1.40. The molecule has 0 aliphatic rings. The van der Waals surface area contributed by atoms with E-state index in [1.165, 1.54) is 17.7 Å². The van der Waals surface area contributed by atoms with E-state index in [9.17, 15) is 9.18 Å². The summed E-state index contributed by atoms with van der Waals surface area (Å²) in [5.41, 5.74) is 0.618. The van der Waals surface area contributed by atoms with E-state index in [0.29, 0.717) is 10.9 Å². The van der Waals surface area contributed by atoms with Gasteiger partial charge in [-0.25, -0.2) is 4.39 Å². The van der Waals surface area contributed by atoms with Crippen LogP contribution in [0.2, 0.25) is 0 Å². The van der Waals surface area contributed by atoms with Crippen molar-refractivity contribution in [2.24, 2.45) is 0 Å². The Labute approximate surface area is 74.6 Å². The minimum absolute atomic E-state index is 0.180. The predicted molar refractivity (Wildman–Crippen MR) is 48.2 cm³/mol. The van der Waals surface area contributed by atoms with Crippen LogP contribution in [0.25, 0.3) is 10.9 Å². The molecule has 0 aliphatic heterocycles. The predicted octanol–water partition coefficient (Wildman–Crippen LogP) is 2.44. The van der Waals surface area contributed by atoms with Crippen LogP contribution >= 0.6 is 0 Å². The van der Waals surface area contributed by atoms with Crippen molar-refractivity contribution in [3.63, 3.8) is 0 Å². The Morgan fingerprint density at radius 1 is 1.38 bits per heavy atom. The molecule has 0 radical (unpaired) electrons. The van der Waals surface area contributed by atoms with Gasteiger partial charge in [-0.3, -0.25) is 9.36 Å². The van der Waals surface area contributed by atoms with Crippen molar-refractivity contribution < 1.29 is 9.18 Å². The quantitative estimate of drug-likeness (QED) is 0.605. The van der Waals surface area contributed by atoms with Crippen molar-refractivity contribution in [2.75, 3.05) is 0 Å². The first-order chi connectivity index (χ1) is 6.20. The van der Waals surface area contributed by atoms with Gasteiger partial charge in [-0.1, -0.05) is 12.1 Å². The molecule has 13 heavy (non-hydrogen) atoms. The van der Waals surface area contributed by atoms with Crippen LogP contribution in [0.1, 0.15) is 11.7 Å². The summed E-state index contributed by atoms with van der Waals surface area (Å²) in [6.45, 7) is 1.41. The molecular formula is C10H8FNO. The molecule has 0 saturated carbocycles. The van der Waals surface area contributed by atoms with E-state index in [1.807, 2.05) is 0 Å². The molecule has 1 heterocycles. The highest BCUT2D eigenvalue weighted by Crippen LogP contribution is 2.19.